The van der Waals surface area contributed by atoms with E-state index in [-0.39, 0.29) is 5.78 Å². The Bertz CT molecular complexity index is 494. The van der Waals surface area contributed by atoms with Crippen LogP contribution < -0.4 is 0 Å². The maximum absolute atomic E-state index is 11.5. The van der Waals surface area contributed by atoms with Gasteiger partial charge in [-0.05, 0) is 29.5 Å². The number of aryl methyl sites for hydroxylation is 1. The summed E-state index contributed by atoms with van der Waals surface area (Å²) in [6, 6.07) is 10.0. The Balaban J connectivity index is 2.29. The van der Waals surface area contributed by atoms with Gasteiger partial charge in [0.05, 0.1) is 0 Å². The lowest BCUT2D eigenvalue weighted by molar-refractivity contribution is 0.0988. The summed E-state index contributed by atoms with van der Waals surface area (Å²) >= 11 is 1.75. The molecule has 0 saturated heterocycles. The summed E-state index contributed by atoms with van der Waals surface area (Å²) in [6.07, 6.45) is 0.566. The molecular formula is C14H14OS. The molecule has 0 N–H and O–H groups in total. The first-order valence-corrected chi connectivity index (χ1v) is 6.27. The summed E-state index contributed by atoms with van der Waals surface area (Å²) in [5, 5.41) is 2.14. The summed E-state index contributed by atoms with van der Waals surface area (Å²) in [4.78, 5) is 12.8. The molecule has 2 aromatic rings. The van der Waals surface area contributed by atoms with Crippen LogP contribution in [0.3, 0.4) is 0 Å². The number of Topliss-reactive ketones (excluding diaryl/α,β-unsaturated/α-hetero) is 1. The van der Waals surface area contributed by atoms with E-state index in [0.29, 0.717) is 6.42 Å². The minimum Gasteiger partial charge on any atom is -0.294 e. The quantitative estimate of drug-likeness (QED) is 0.718. The Morgan fingerprint density at radius 3 is 2.38 bits per heavy atom. The summed E-state index contributed by atoms with van der Waals surface area (Å²) in [5.74, 6) is 0.202. The highest BCUT2D eigenvalue weighted by molar-refractivity contribution is 7.10. The lowest BCUT2D eigenvalue weighted by atomic mass is 10.0. The van der Waals surface area contributed by atoms with Gasteiger partial charge in [0.25, 0.3) is 0 Å². The van der Waals surface area contributed by atoms with E-state index in [9.17, 15) is 4.79 Å². The smallest absolute Gasteiger partial charge is 0.162 e. The second-order valence-electron chi connectivity index (χ2n) is 3.80. The van der Waals surface area contributed by atoms with Crippen LogP contribution in [0.15, 0.2) is 35.7 Å². The van der Waals surface area contributed by atoms with Gasteiger partial charge in [0, 0.05) is 16.9 Å². The second-order valence-corrected chi connectivity index (χ2v) is 4.92. The Hall–Kier alpha value is -1.41. The van der Waals surface area contributed by atoms with Gasteiger partial charge in [-0.3, -0.25) is 4.79 Å². The molecule has 0 bridgehead atoms. The molecule has 0 amide bonds. The molecule has 0 fully saturated rings. The number of hydrogen-bond acceptors (Lipinski definition) is 2. The zero-order valence-corrected chi connectivity index (χ0v) is 10.3. The van der Waals surface area contributed by atoms with Crippen LogP contribution in [0.2, 0.25) is 0 Å². The van der Waals surface area contributed by atoms with Gasteiger partial charge < -0.3 is 0 Å². The number of ketones is 1. The number of carbonyl (C=O) groups is 1. The molecule has 16 heavy (non-hydrogen) atoms. The molecule has 0 spiro atoms. The van der Waals surface area contributed by atoms with E-state index in [0.717, 1.165) is 5.56 Å². The predicted molar refractivity (Wildman–Crippen MR) is 69.1 cm³/mol. The molecule has 1 aromatic heterocycles. The number of rotatable bonds is 3. The molecule has 0 saturated carbocycles. The Labute approximate surface area is 99.8 Å². The second kappa shape index (κ2) is 4.62. The van der Waals surface area contributed by atoms with Crippen molar-refractivity contribution in [3.8, 4) is 11.1 Å². The van der Waals surface area contributed by atoms with Gasteiger partial charge in [-0.1, -0.05) is 31.2 Å². The molecule has 0 radical (unpaired) electrons. The molecule has 82 valence electrons. The molecule has 0 unspecified atom stereocenters. The van der Waals surface area contributed by atoms with Crippen LogP contribution in [0.5, 0.6) is 0 Å². The third-order valence-electron chi connectivity index (χ3n) is 2.59. The topological polar surface area (TPSA) is 17.1 Å². The molecule has 2 heteroatoms. The average molecular weight is 230 g/mol. The van der Waals surface area contributed by atoms with Crippen molar-refractivity contribution in [1.29, 1.82) is 0 Å². The molecule has 0 atom stereocenters. The van der Waals surface area contributed by atoms with Gasteiger partial charge in [-0.25, -0.2) is 0 Å². The van der Waals surface area contributed by atoms with Crippen molar-refractivity contribution in [2.45, 2.75) is 20.3 Å². The van der Waals surface area contributed by atoms with E-state index in [1.54, 1.807) is 11.3 Å². The Morgan fingerprint density at radius 1 is 1.19 bits per heavy atom. The van der Waals surface area contributed by atoms with E-state index in [1.807, 2.05) is 31.2 Å². The third-order valence-corrected chi connectivity index (χ3v) is 3.45. The fraction of sp³-hybridized carbons (Fsp3) is 0.214. The monoisotopic (exact) mass is 230 g/mol. The van der Waals surface area contributed by atoms with Gasteiger partial charge in [0.2, 0.25) is 0 Å². The molecule has 0 aliphatic rings. The van der Waals surface area contributed by atoms with Crippen LogP contribution in [0, 0.1) is 6.92 Å². The summed E-state index contributed by atoms with van der Waals surface area (Å²) in [5.41, 5.74) is 3.22. The summed E-state index contributed by atoms with van der Waals surface area (Å²) in [7, 11) is 0. The molecule has 1 heterocycles. The maximum atomic E-state index is 11.5. The molecule has 0 aliphatic heterocycles. The first-order chi connectivity index (χ1) is 7.70. The normalized spacial score (nSPS) is 10.4. The van der Waals surface area contributed by atoms with Crippen LogP contribution in [-0.2, 0) is 0 Å². The molecular weight excluding hydrogens is 216 g/mol. The highest BCUT2D eigenvalue weighted by Crippen LogP contribution is 2.25. The standard InChI is InChI=1S/C14H14OS/c1-3-14(15)12-6-4-11(5-7-12)13-8-10(2)16-9-13/h4-9H,3H2,1-2H3. The number of benzene rings is 1. The van der Waals surface area contributed by atoms with Gasteiger partial charge in [-0.2, -0.15) is 0 Å². The third kappa shape index (κ3) is 2.22. The lowest BCUT2D eigenvalue weighted by Gasteiger charge is -2.00. The Kier molecular flexibility index (Phi) is 3.20. The van der Waals surface area contributed by atoms with Crippen molar-refractivity contribution in [1.82, 2.24) is 0 Å². The van der Waals surface area contributed by atoms with E-state index >= 15 is 0 Å². The van der Waals surface area contributed by atoms with Crippen molar-refractivity contribution in [2.75, 3.05) is 0 Å². The largest absolute Gasteiger partial charge is 0.294 e. The molecule has 2 rings (SSSR count). The average Bonchev–Trinajstić information content (AvgIpc) is 2.75. The molecule has 1 aromatic carbocycles. The van der Waals surface area contributed by atoms with Crippen LogP contribution in [0.4, 0.5) is 0 Å². The molecule has 0 aliphatic carbocycles. The summed E-state index contributed by atoms with van der Waals surface area (Å²) in [6.45, 7) is 3.99. The predicted octanol–water partition coefficient (Wildman–Crippen LogP) is 4.32. The minimum absolute atomic E-state index is 0.202. The number of carbonyl (C=O) groups excluding carboxylic acids is 1. The highest BCUT2D eigenvalue weighted by atomic mass is 32.1. The fourth-order valence-electron chi connectivity index (χ4n) is 1.65. The Morgan fingerprint density at radius 2 is 1.88 bits per heavy atom. The van der Waals surface area contributed by atoms with E-state index in [4.69, 9.17) is 0 Å². The first kappa shape index (κ1) is 11.1. The van der Waals surface area contributed by atoms with Gasteiger partial charge in [0.1, 0.15) is 0 Å². The van der Waals surface area contributed by atoms with Crippen LogP contribution in [-0.4, -0.2) is 5.78 Å². The van der Waals surface area contributed by atoms with E-state index in [2.05, 4.69) is 18.4 Å². The van der Waals surface area contributed by atoms with Crippen LogP contribution in [0.25, 0.3) is 11.1 Å². The minimum atomic E-state index is 0.202. The zero-order chi connectivity index (χ0) is 11.5. The van der Waals surface area contributed by atoms with Crippen LogP contribution in [0.1, 0.15) is 28.6 Å². The summed E-state index contributed by atoms with van der Waals surface area (Å²) < 4.78 is 0. The van der Waals surface area contributed by atoms with Crippen molar-refractivity contribution in [3.63, 3.8) is 0 Å². The van der Waals surface area contributed by atoms with E-state index < -0.39 is 0 Å². The zero-order valence-electron chi connectivity index (χ0n) is 9.49. The van der Waals surface area contributed by atoms with Crippen molar-refractivity contribution in [3.05, 3.63) is 46.2 Å². The maximum Gasteiger partial charge on any atom is 0.162 e. The van der Waals surface area contributed by atoms with Crippen molar-refractivity contribution < 1.29 is 4.79 Å². The van der Waals surface area contributed by atoms with Crippen LogP contribution >= 0.6 is 11.3 Å². The first-order valence-electron chi connectivity index (χ1n) is 5.39. The molecule has 1 nitrogen and oxygen atoms in total. The van der Waals surface area contributed by atoms with Gasteiger partial charge in [-0.15, -0.1) is 11.3 Å². The van der Waals surface area contributed by atoms with Gasteiger partial charge >= 0.3 is 0 Å². The van der Waals surface area contributed by atoms with Gasteiger partial charge in [0.15, 0.2) is 5.78 Å². The van der Waals surface area contributed by atoms with E-state index in [1.165, 1.54) is 16.0 Å². The van der Waals surface area contributed by atoms with Crippen molar-refractivity contribution >= 4 is 17.1 Å². The van der Waals surface area contributed by atoms with Crippen molar-refractivity contribution in [2.24, 2.45) is 0 Å². The lowest BCUT2D eigenvalue weighted by Crippen LogP contribution is -1.95. The fourth-order valence-corrected chi connectivity index (χ4v) is 2.36. The number of thiophene rings is 1. The highest BCUT2D eigenvalue weighted by Gasteiger charge is 2.04. The number of hydrogen-bond donors (Lipinski definition) is 0. The SMILES string of the molecule is CCC(=O)c1ccc(-c2csc(C)c2)cc1.